The third-order valence-corrected chi connectivity index (χ3v) is 5.90. The smallest absolute Gasteiger partial charge is 0.164 e. The second-order valence-electron chi connectivity index (χ2n) is 6.15. The molecule has 8 heteroatoms. The number of nitrogens with two attached hydrogens (primary N) is 1. The third kappa shape index (κ3) is 3.50. The maximum Gasteiger partial charge on any atom is 0.164 e. The van der Waals surface area contributed by atoms with Crippen LogP contribution < -0.4 is 11.1 Å². The minimum Gasteiger partial charge on any atom is -0.383 e. The predicted molar refractivity (Wildman–Crippen MR) is 114 cm³/mol. The van der Waals surface area contributed by atoms with Gasteiger partial charge in [0.2, 0.25) is 0 Å². The summed E-state index contributed by atoms with van der Waals surface area (Å²) < 4.78 is 0.889. The van der Waals surface area contributed by atoms with Gasteiger partial charge in [-0.3, -0.25) is 4.98 Å². The molecule has 3 N–H and O–H groups in total. The van der Waals surface area contributed by atoms with E-state index in [2.05, 4.69) is 45.1 Å². The van der Waals surface area contributed by atoms with Crippen LogP contribution in [0.3, 0.4) is 0 Å². The maximum absolute atomic E-state index is 6.01. The molecule has 0 saturated carbocycles. The first-order valence-corrected chi connectivity index (χ1v) is 9.96. The summed E-state index contributed by atoms with van der Waals surface area (Å²) in [5.41, 5.74) is 8.99. The lowest BCUT2D eigenvalue weighted by Gasteiger charge is -2.11. The minimum absolute atomic E-state index is 0.502. The molecule has 0 saturated heterocycles. The molecule has 4 aromatic heterocycles. The van der Waals surface area contributed by atoms with Crippen molar-refractivity contribution in [1.82, 2.24) is 19.9 Å². The Balaban J connectivity index is 1.79. The molecule has 0 amide bonds. The number of thiophene rings is 1. The molecule has 0 atom stereocenters. The number of rotatable bonds is 4. The summed E-state index contributed by atoms with van der Waals surface area (Å²) in [6.45, 7) is 4.72. The molecule has 0 radical (unpaired) electrons. The van der Waals surface area contributed by atoms with Crippen LogP contribution in [0.25, 0.3) is 21.6 Å². The topological polar surface area (TPSA) is 89.6 Å². The maximum atomic E-state index is 6.01. The number of halogens is 1. The van der Waals surface area contributed by atoms with Gasteiger partial charge in [0.1, 0.15) is 16.5 Å². The van der Waals surface area contributed by atoms with Gasteiger partial charge >= 0.3 is 0 Å². The summed E-state index contributed by atoms with van der Waals surface area (Å²) in [5.74, 6) is 1.95. The number of fused-ring (bicyclic) bond motifs is 1. The highest BCUT2D eigenvalue weighted by molar-refractivity contribution is 9.10. The van der Waals surface area contributed by atoms with Crippen LogP contribution >= 0.6 is 27.3 Å². The van der Waals surface area contributed by atoms with Gasteiger partial charge in [0.15, 0.2) is 5.82 Å². The quantitative estimate of drug-likeness (QED) is 0.476. The molecule has 0 spiro atoms. The Labute approximate surface area is 169 Å². The molecule has 0 unspecified atom stereocenters. The highest BCUT2D eigenvalue weighted by atomic mass is 79.9. The van der Waals surface area contributed by atoms with E-state index in [4.69, 9.17) is 15.7 Å². The fraction of sp³-hybridized carbons (Fsp3) is 0.158. The molecule has 0 aliphatic rings. The van der Waals surface area contributed by atoms with Crippen molar-refractivity contribution < 1.29 is 0 Å². The standard InChI is InChI=1S/C19H17BrN6S/c1-10-11(2)27-19-15(10)18(24-8-13-6-14(20)9-23-16(13)21)25-17(26-19)12-4-3-5-22-7-12/h3-7,9H,8H2,1-2H3,(H2,21,23)(H,24,25,26). The zero-order valence-electron chi connectivity index (χ0n) is 14.8. The molecular formula is C19H17BrN6S. The molecule has 27 heavy (non-hydrogen) atoms. The third-order valence-electron chi connectivity index (χ3n) is 4.36. The van der Waals surface area contributed by atoms with Crippen molar-refractivity contribution in [3.63, 3.8) is 0 Å². The molecule has 0 aromatic carbocycles. The van der Waals surface area contributed by atoms with Crippen LogP contribution in [0.1, 0.15) is 16.0 Å². The van der Waals surface area contributed by atoms with E-state index < -0.39 is 0 Å². The van der Waals surface area contributed by atoms with Crippen LogP contribution in [0, 0.1) is 13.8 Å². The lowest BCUT2D eigenvalue weighted by atomic mass is 10.2. The lowest BCUT2D eigenvalue weighted by Crippen LogP contribution is -2.07. The molecule has 136 valence electrons. The van der Waals surface area contributed by atoms with Crippen molar-refractivity contribution in [2.75, 3.05) is 11.1 Å². The number of nitrogens with zero attached hydrogens (tertiary/aromatic N) is 4. The average Bonchev–Trinajstić information content (AvgIpc) is 2.97. The number of aryl methyl sites for hydroxylation is 2. The molecule has 6 nitrogen and oxygen atoms in total. The van der Waals surface area contributed by atoms with Crippen molar-refractivity contribution in [2.24, 2.45) is 0 Å². The van der Waals surface area contributed by atoms with Gasteiger partial charge in [0.25, 0.3) is 0 Å². The van der Waals surface area contributed by atoms with E-state index in [0.717, 1.165) is 31.6 Å². The number of nitrogens with one attached hydrogen (secondary N) is 1. The van der Waals surface area contributed by atoms with Crippen molar-refractivity contribution in [3.05, 3.63) is 57.3 Å². The van der Waals surface area contributed by atoms with Crippen LogP contribution in [-0.2, 0) is 6.54 Å². The van der Waals surface area contributed by atoms with Gasteiger partial charge in [0.05, 0.1) is 5.39 Å². The molecule has 4 heterocycles. The predicted octanol–water partition coefficient (Wildman–Crippen LogP) is 4.72. The molecule has 4 rings (SSSR count). The summed E-state index contributed by atoms with van der Waals surface area (Å²) in [7, 11) is 0. The first-order valence-electron chi connectivity index (χ1n) is 8.35. The van der Waals surface area contributed by atoms with Crippen LogP contribution in [0.5, 0.6) is 0 Å². The largest absolute Gasteiger partial charge is 0.383 e. The highest BCUT2D eigenvalue weighted by Crippen LogP contribution is 2.35. The zero-order valence-corrected chi connectivity index (χ0v) is 17.2. The Kier molecular flexibility index (Phi) is 4.75. The van der Waals surface area contributed by atoms with E-state index in [1.165, 1.54) is 10.4 Å². The van der Waals surface area contributed by atoms with E-state index in [9.17, 15) is 0 Å². The Hall–Kier alpha value is -2.58. The van der Waals surface area contributed by atoms with E-state index in [1.54, 1.807) is 29.9 Å². The lowest BCUT2D eigenvalue weighted by molar-refractivity contribution is 1.09. The van der Waals surface area contributed by atoms with E-state index in [0.29, 0.717) is 18.2 Å². The number of hydrogen-bond acceptors (Lipinski definition) is 7. The first-order chi connectivity index (χ1) is 13.0. The van der Waals surface area contributed by atoms with Crippen molar-refractivity contribution >= 4 is 49.1 Å². The number of aromatic nitrogens is 4. The average molecular weight is 441 g/mol. The van der Waals surface area contributed by atoms with Gasteiger partial charge in [-0.15, -0.1) is 11.3 Å². The summed E-state index contributed by atoms with van der Waals surface area (Å²) >= 11 is 5.12. The zero-order chi connectivity index (χ0) is 19.0. The minimum atomic E-state index is 0.502. The number of hydrogen-bond donors (Lipinski definition) is 2. The fourth-order valence-corrected chi connectivity index (χ4v) is 4.22. The van der Waals surface area contributed by atoms with Crippen molar-refractivity contribution in [3.8, 4) is 11.4 Å². The van der Waals surface area contributed by atoms with Crippen LogP contribution in [0.15, 0.2) is 41.3 Å². The summed E-state index contributed by atoms with van der Waals surface area (Å²) in [4.78, 5) is 20.1. The molecule has 0 aliphatic heterocycles. The van der Waals surface area contributed by atoms with Gasteiger partial charge in [-0.1, -0.05) is 0 Å². The molecular weight excluding hydrogens is 424 g/mol. The number of pyridine rings is 2. The van der Waals surface area contributed by atoms with Gasteiger partial charge in [-0.2, -0.15) is 0 Å². The molecule has 4 aromatic rings. The fourth-order valence-electron chi connectivity index (χ4n) is 2.81. The summed E-state index contributed by atoms with van der Waals surface area (Å²) in [5, 5.41) is 4.48. The molecule has 0 fully saturated rings. The Morgan fingerprint density at radius 1 is 1.22 bits per heavy atom. The van der Waals surface area contributed by atoms with Crippen molar-refractivity contribution in [2.45, 2.75) is 20.4 Å². The van der Waals surface area contributed by atoms with Crippen LogP contribution in [0.4, 0.5) is 11.6 Å². The molecule has 0 bridgehead atoms. The second-order valence-corrected chi connectivity index (χ2v) is 8.27. The van der Waals surface area contributed by atoms with Gasteiger partial charge in [0, 0.05) is 45.6 Å². The Morgan fingerprint density at radius 2 is 2.07 bits per heavy atom. The van der Waals surface area contributed by atoms with E-state index >= 15 is 0 Å². The summed E-state index contributed by atoms with van der Waals surface area (Å²) in [6, 6.07) is 5.80. The molecule has 0 aliphatic carbocycles. The SMILES string of the molecule is Cc1sc2nc(-c3cccnc3)nc(NCc3cc(Br)cnc3N)c2c1C. The summed E-state index contributed by atoms with van der Waals surface area (Å²) in [6.07, 6.45) is 5.20. The van der Waals surface area contributed by atoms with Gasteiger partial charge in [-0.25, -0.2) is 15.0 Å². The second kappa shape index (κ2) is 7.21. The van der Waals surface area contributed by atoms with Gasteiger partial charge in [-0.05, 0) is 53.5 Å². The van der Waals surface area contributed by atoms with E-state index in [1.807, 2.05) is 18.2 Å². The first kappa shape index (κ1) is 17.8. The highest BCUT2D eigenvalue weighted by Gasteiger charge is 2.16. The van der Waals surface area contributed by atoms with Crippen molar-refractivity contribution in [1.29, 1.82) is 0 Å². The number of nitrogen functional groups attached to an aromatic ring is 1. The van der Waals surface area contributed by atoms with E-state index in [-0.39, 0.29) is 0 Å². The van der Waals surface area contributed by atoms with Gasteiger partial charge < -0.3 is 11.1 Å². The monoisotopic (exact) mass is 440 g/mol. The van der Waals surface area contributed by atoms with Crippen LogP contribution in [-0.4, -0.2) is 19.9 Å². The Bertz CT molecular complexity index is 1130. The normalized spacial score (nSPS) is 11.1. The Morgan fingerprint density at radius 3 is 2.85 bits per heavy atom. The van der Waals surface area contributed by atoms with Crippen LogP contribution in [0.2, 0.25) is 0 Å². The number of anilines is 2.